The van der Waals surface area contributed by atoms with Gasteiger partial charge in [-0.15, -0.1) is 0 Å². The number of nitrogens with one attached hydrogen (secondary N) is 2. The molecule has 1 aliphatic rings. The summed E-state index contributed by atoms with van der Waals surface area (Å²) in [4.78, 5) is 12.5. The van der Waals surface area contributed by atoms with Crippen LogP contribution < -0.4 is 15.4 Å². The van der Waals surface area contributed by atoms with E-state index in [0.29, 0.717) is 13.2 Å². The van der Waals surface area contributed by atoms with E-state index in [4.69, 9.17) is 4.74 Å². The monoisotopic (exact) mass is 356 g/mol. The van der Waals surface area contributed by atoms with Gasteiger partial charge in [-0.05, 0) is 49.4 Å². The van der Waals surface area contributed by atoms with Crippen molar-refractivity contribution in [3.8, 4) is 5.75 Å². The third-order valence-corrected chi connectivity index (χ3v) is 4.73. The molecule has 2 N–H and O–H groups in total. The molecule has 4 nitrogen and oxygen atoms in total. The number of benzene rings is 2. The SMILES string of the molecule is C[C@H](NCCOc1ccccc1F)C(=O)N[C@@H]1CCCc2ccccc21. The number of hydrogen-bond donors (Lipinski definition) is 2. The number of ether oxygens (including phenoxy) is 1. The molecule has 1 amide bonds. The third-order valence-electron chi connectivity index (χ3n) is 4.73. The van der Waals surface area contributed by atoms with Gasteiger partial charge in [-0.25, -0.2) is 4.39 Å². The zero-order chi connectivity index (χ0) is 18.4. The second-order valence-electron chi connectivity index (χ2n) is 6.61. The lowest BCUT2D eigenvalue weighted by Crippen LogP contribution is -2.45. The zero-order valence-electron chi connectivity index (χ0n) is 15.0. The van der Waals surface area contributed by atoms with Gasteiger partial charge in [0.05, 0.1) is 12.1 Å². The normalized spacial score (nSPS) is 17.2. The van der Waals surface area contributed by atoms with Gasteiger partial charge < -0.3 is 15.4 Å². The number of fused-ring (bicyclic) bond motifs is 1. The molecule has 2 atom stereocenters. The van der Waals surface area contributed by atoms with Crippen LogP contribution in [0.15, 0.2) is 48.5 Å². The molecule has 2 aromatic carbocycles. The van der Waals surface area contributed by atoms with Crippen LogP contribution in [0.1, 0.15) is 36.9 Å². The van der Waals surface area contributed by atoms with Crippen LogP contribution in [-0.2, 0) is 11.2 Å². The molecule has 0 radical (unpaired) electrons. The van der Waals surface area contributed by atoms with E-state index in [0.717, 1.165) is 19.3 Å². The average molecular weight is 356 g/mol. The molecule has 0 heterocycles. The predicted molar refractivity (Wildman–Crippen MR) is 99.6 cm³/mol. The molecule has 0 aliphatic heterocycles. The molecular formula is C21H25FN2O2. The summed E-state index contributed by atoms with van der Waals surface area (Å²) in [6.07, 6.45) is 3.12. The number of hydrogen-bond acceptors (Lipinski definition) is 3. The smallest absolute Gasteiger partial charge is 0.237 e. The van der Waals surface area contributed by atoms with Crippen molar-refractivity contribution in [2.45, 2.75) is 38.3 Å². The van der Waals surface area contributed by atoms with Gasteiger partial charge in [0.25, 0.3) is 0 Å². The van der Waals surface area contributed by atoms with E-state index in [1.807, 2.05) is 19.1 Å². The van der Waals surface area contributed by atoms with Crippen LogP contribution in [0.5, 0.6) is 5.75 Å². The summed E-state index contributed by atoms with van der Waals surface area (Å²) in [7, 11) is 0. The van der Waals surface area contributed by atoms with Gasteiger partial charge in [0, 0.05) is 6.54 Å². The van der Waals surface area contributed by atoms with E-state index in [2.05, 4.69) is 22.8 Å². The van der Waals surface area contributed by atoms with Crippen LogP contribution in [0.3, 0.4) is 0 Å². The maximum Gasteiger partial charge on any atom is 0.237 e. The first-order chi connectivity index (χ1) is 12.6. The first kappa shape index (κ1) is 18.4. The Morgan fingerprint density at radius 3 is 2.85 bits per heavy atom. The molecule has 0 unspecified atom stereocenters. The fourth-order valence-electron chi connectivity index (χ4n) is 3.29. The zero-order valence-corrected chi connectivity index (χ0v) is 15.0. The first-order valence-corrected chi connectivity index (χ1v) is 9.14. The molecule has 0 saturated carbocycles. The van der Waals surface area contributed by atoms with E-state index < -0.39 is 0 Å². The van der Waals surface area contributed by atoms with Crippen molar-refractivity contribution in [1.29, 1.82) is 0 Å². The van der Waals surface area contributed by atoms with Gasteiger partial charge in [0.15, 0.2) is 11.6 Å². The second kappa shape index (κ2) is 8.81. The fraction of sp³-hybridized carbons (Fsp3) is 0.381. The first-order valence-electron chi connectivity index (χ1n) is 9.14. The number of para-hydroxylation sites is 1. The van der Waals surface area contributed by atoms with Gasteiger partial charge in [0.2, 0.25) is 5.91 Å². The third kappa shape index (κ3) is 4.61. The summed E-state index contributed by atoms with van der Waals surface area (Å²) < 4.78 is 18.9. The maximum atomic E-state index is 13.5. The highest BCUT2D eigenvalue weighted by molar-refractivity contribution is 5.81. The summed E-state index contributed by atoms with van der Waals surface area (Å²) in [6.45, 7) is 2.59. The van der Waals surface area contributed by atoms with E-state index >= 15 is 0 Å². The number of carbonyl (C=O) groups is 1. The Hall–Kier alpha value is -2.40. The van der Waals surface area contributed by atoms with Crippen molar-refractivity contribution in [3.63, 3.8) is 0 Å². The Labute approximate surface area is 153 Å². The van der Waals surface area contributed by atoms with Crippen molar-refractivity contribution in [2.75, 3.05) is 13.2 Å². The Balaban J connectivity index is 1.45. The highest BCUT2D eigenvalue weighted by atomic mass is 19.1. The minimum Gasteiger partial charge on any atom is -0.489 e. The summed E-state index contributed by atoms with van der Waals surface area (Å²) in [5.74, 6) is -0.183. The topological polar surface area (TPSA) is 50.4 Å². The highest BCUT2D eigenvalue weighted by Gasteiger charge is 2.23. The van der Waals surface area contributed by atoms with E-state index in [-0.39, 0.29) is 29.6 Å². The molecule has 0 bridgehead atoms. The number of aryl methyl sites for hydroxylation is 1. The molecule has 0 aromatic heterocycles. The number of amides is 1. The second-order valence-corrected chi connectivity index (χ2v) is 6.61. The number of carbonyl (C=O) groups excluding carboxylic acids is 1. The van der Waals surface area contributed by atoms with Crippen LogP contribution in [0, 0.1) is 5.82 Å². The summed E-state index contributed by atoms with van der Waals surface area (Å²) in [5, 5.41) is 6.27. The summed E-state index contributed by atoms with van der Waals surface area (Å²) in [5.41, 5.74) is 2.55. The Morgan fingerprint density at radius 2 is 2.00 bits per heavy atom. The Kier molecular flexibility index (Phi) is 6.23. The standard InChI is InChI=1S/C21H25FN2O2/c1-15(23-13-14-26-20-12-5-4-10-18(20)22)21(25)24-19-11-6-8-16-7-2-3-9-17(16)19/h2-5,7,9-10,12,15,19,23H,6,8,11,13-14H2,1H3,(H,24,25)/t15-,19+/m0/s1. The molecule has 0 saturated heterocycles. The van der Waals surface area contributed by atoms with Crippen molar-refractivity contribution in [2.24, 2.45) is 0 Å². The minimum atomic E-state index is -0.380. The van der Waals surface area contributed by atoms with Crippen LogP contribution in [0.25, 0.3) is 0 Å². The van der Waals surface area contributed by atoms with Gasteiger partial charge >= 0.3 is 0 Å². The molecule has 26 heavy (non-hydrogen) atoms. The largest absolute Gasteiger partial charge is 0.489 e. The summed E-state index contributed by atoms with van der Waals surface area (Å²) >= 11 is 0. The molecule has 0 fully saturated rings. The lowest BCUT2D eigenvalue weighted by molar-refractivity contribution is -0.123. The van der Waals surface area contributed by atoms with Crippen molar-refractivity contribution in [1.82, 2.24) is 10.6 Å². The Bertz CT molecular complexity index is 750. The molecule has 2 aromatic rings. The Morgan fingerprint density at radius 1 is 1.23 bits per heavy atom. The van der Waals surface area contributed by atoms with Crippen molar-refractivity contribution >= 4 is 5.91 Å². The van der Waals surface area contributed by atoms with Gasteiger partial charge in [-0.1, -0.05) is 36.4 Å². The quantitative estimate of drug-likeness (QED) is 0.748. The maximum absolute atomic E-state index is 13.5. The lowest BCUT2D eigenvalue weighted by atomic mass is 9.87. The molecule has 138 valence electrons. The van der Waals surface area contributed by atoms with E-state index in [9.17, 15) is 9.18 Å². The van der Waals surface area contributed by atoms with Crippen LogP contribution in [-0.4, -0.2) is 25.1 Å². The number of rotatable bonds is 7. The highest BCUT2D eigenvalue weighted by Crippen LogP contribution is 2.29. The van der Waals surface area contributed by atoms with E-state index in [1.54, 1.807) is 18.2 Å². The van der Waals surface area contributed by atoms with Crippen LogP contribution in [0.2, 0.25) is 0 Å². The lowest BCUT2D eigenvalue weighted by Gasteiger charge is -2.27. The molecule has 1 aliphatic carbocycles. The predicted octanol–water partition coefficient (Wildman–Crippen LogP) is 3.38. The summed E-state index contributed by atoms with van der Waals surface area (Å²) in [6, 6.07) is 14.3. The minimum absolute atomic E-state index is 0.0300. The van der Waals surface area contributed by atoms with Crippen molar-refractivity contribution in [3.05, 3.63) is 65.5 Å². The molecular weight excluding hydrogens is 331 g/mol. The van der Waals surface area contributed by atoms with Crippen molar-refractivity contribution < 1.29 is 13.9 Å². The molecule has 0 spiro atoms. The van der Waals surface area contributed by atoms with E-state index in [1.165, 1.54) is 17.2 Å². The van der Waals surface area contributed by atoms with Crippen LogP contribution >= 0.6 is 0 Å². The van der Waals surface area contributed by atoms with Gasteiger partial charge in [0.1, 0.15) is 6.61 Å². The molecule has 5 heteroatoms. The fourth-order valence-corrected chi connectivity index (χ4v) is 3.29. The van der Waals surface area contributed by atoms with Crippen LogP contribution in [0.4, 0.5) is 4.39 Å². The number of halogens is 1. The average Bonchev–Trinajstić information content (AvgIpc) is 2.66. The molecule has 3 rings (SSSR count). The van der Waals surface area contributed by atoms with Gasteiger partial charge in [-0.3, -0.25) is 4.79 Å². The van der Waals surface area contributed by atoms with Gasteiger partial charge in [-0.2, -0.15) is 0 Å².